The van der Waals surface area contributed by atoms with Crippen LogP contribution in [0.3, 0.4) is 0 Å². The van der Waals surface area contributed by atoms with Crippen molar-refractivity contribution in [2.75, 3.05) is 13.1 Å². The molecule has 0 N–H and O–H groups in total. The fourth-order valence-corrected chi connectivity index (χ4v) is 11.6. The molecule has 0 radical (unpaired) electrons. The molecule has 0 saturated carbocycles. The van der Waals surface area contributed by atoms with Crippen molar-refractivity contribution in [3.8, 4) is 0 Å². The largest absolute Gasteiger partial charge is 0.508 e. The number of nitro benzene ring substituents is 3. The molecule has 2 saturated heterocycles. The fourth-order valence-electron chi connectivity index (χ4n) is 7.62. The molecule has 1 unspecified atom stereocenters. The molecule has 2 aliphatic rings. The number of nitrogens with zero attached hydrogens (tertiary/aromatic N) is 6. The molecule has 2 amide bonds. The Labute approximate surface area is 424 Å². The number of hydrogen-bond acceptors (Lipinski definition) is 19. The average Bonchev–Trinajstić information content (AvgIpc) is 3.79. The number of carbonyl (C=O) groups excluding carboxylic acids is 5. The van der Waals surface area contributed by atoms with E-state index >= 15 is 0 Å². The Bertz CT molecular complexity index is 2580. The van der Waals surface area contributed by atoms with Crippen molar-refractivity contribution < 1.29 is 71.3 Å². The van der Waals surface area contributed by atoms with Crippen molar-refractivity contribution in [3.63, 3.8) is 0 Å². The van der Waals surface area contributed by atoms with Crippen LogP contribution in [0.4, 0.5) is 26.7 Å². The molecule has 3 aromatic carbocycles. The van der Waals surface area contributed by atoms with Gasteiger partial charge in [0.2, 0.25) is 11.3 Å². The molecule has 4 atom stereocenters. The zero-order valence-corrected chi connectivity index (χ0v) is 43.0. The van der Waals surface area contributed by atoms with Gasteiger partial charge >= 0.3 is 18.2 Å². The van der Waals surface area contributed by atoms with Gasteiger partial charge in [-0.1, -0.05) is 11.8 Å². The lowest BCUT2D eigenvalue weighted by atomic mass is 9.81. The first-order chi connectivity index (χ1) is 34.5. The number of ether oxygens (including phenoxy) is 4. The highest BCUT2D eigenvalue weighted by Gasteiger charge is 2.58. The highest BCUT2D eigenvalue weighted by molar-refractivity contribution is 8.14. The van der Waals surface area contributed by atoms with Crippen LogP contribution < -0.4 is 0 Å². The van der Waals surface area contributed by atoms with Gasteiger partial charge in [-0.25, -0.2) is 14.4 Å². The number of aliphatic imine (C=N–C) groups is 1. The first-order valence-corrected chi connectivity index (χ1v) is 25.4. The van der Waals surface area contributed by atoms with Crippen molar-refractivity contribution in [1.29, 1.82) is 0 Å². The lowest BCUT2D eigenvalue weighted by Gasteiger charge is -2.50. The summed E-state index contributed by atoms with van der Waals surface area (Å²) in [6.45, 7) is 12.8. The minimum absolute atomic E-state index is 0.114. The molecule has 394 valence electrons. The van der Waals surface area contributed by atoms with Crippen molar-refractivity contribution in [3.05, 3.63) is 120 Å². The number of likely N-dealkylation sites (tertiary alicyclic amines) is 2. The zero-order valence-electron chi connectivity index (χ0n) is 41.3. The van der Waals surface area contributed by atoms with Gasteiger partial charge in [0.25, 0.3) is 24.6 Å². The van der Waals surface area contributed by atoms with Gasteiger partial charge in [0.05, 0.1) is 45.0 Å². The summed E-state index contributed by atoms with van der Waals surface area (Å²) in [5.41, 5.74) is 0.318. The van der Waals surface area contributed by atoms with Gasteiger partial charge < -0.3 is 37.4 Å². The molecular weight excluding hydrogens is 1000 g/mol. The Morgan fingerprint density at radius 3 is 1.58 bits per heavy atom. The van der Waals surface area contributed by atoms with Crippen LogP contribution in [-0.2, 0) is 66.7 Å². The standard InChI is InChI=1S/C47H57N6O18PS/c1-28(2)69-72(70-29(3)4,71-30(5)6)44(45(56)65-25-33-9-15-36(16-10-33)51(59)60)50-40(42(43(50)55)31(7)68-47(58)67-27-35-13-19-38(20-14-35)53(63)64)23-41(54)73-39-21-22-49(24-39)32(8)48-46(57)66-26-34-11-17-37(18-12-34)52(61)62/h9-20,28-31,39-40,42H,21-27H2,1-8H3/t31-,39?,40-,42-/m1/s1. The van der Waals surface area contributed by atoms with E-state index in [1.54, 1.807) is 53.4 Å². The second-order valence-electron chi connectivity index (χ2n) is 17.6. The quantitative estimate of drug-likeness (QED) is 0.0133. The van der Waals surface area contributed by atoms with Crippen molar-refractivity contribution in [2.45, 2.75) is 124 Å². The van der Waals surface area contributed by atoms with Crippen LogP contribution in [0.5, 0.6) is 0 Å². The number of nitro groups is 3. The predicted octanol–water partition coefficient (Wildman–Crippen LogP) is 8.67. The second kappa shape index (κ2) is 25.7. The highest BCUT2D eigenvalue weighted by atomic mass is 32.2. The number of hydrogen-bond donors (Lipinski definition) is 0. The Morgan fingerprint density at radius 1 is 0.699 bits per heavy atom. The number of benzene rings is 3. The maximum atomic E-state index is 14.8. The van der Waals surface area contributed by atoms with Gasteiger partial charge in [-0.2, -0.15) is 4.99 Å². The third-order valence-corrected chi connectivity index (χ3v) is 15.0. The van der Waals surface area contributed by atoms with E-state index in [-0.39, 0.29) is 42.1 Å². The van der Waals surface area contributed by atoms with Crippen LogP contribution in [0.15, 0.2) is 77.8 Å². The number of rotatable bonds is 22. The first-order valence-electron chi connectivity index (χ1n) is 23.0. The third kappa shape index (κ3) is 15.9. The van der Waals surface area contributed by atoms with Crippen LogP contribution >= 0.6 is 19.3 Å². The topological polar surface area (TPSA) is 298 Å². The van der Waals surface area contributed by atoms with E-state index in [1.165, 1.54) is 79.7 Å². The number of esters is 1. The first kappa shape index (κ1) is 57.1. The lowest BCUT2D eigenvalue weighted by Crippen LogP contribution is -2.68. The number of β-lactam (4-membered cyclic amide) rings is 1. The van der Waals surface area contributed by atoms with E-state index < -0.39 is 106 Å². The molecular formula is C47H57N6O18PS. The summed E-state index contributed by atoms with van der Waals surface area (Å²) in [5, 5.41) is 32.7. The molecule has 24 nitrogen and oxygen atoms in total. The molecule has 2 heterocycles. The molecule has 2 fully saturated rings. The lowest BCUT2D eigenvalue weighted by molar-refractivity contribution is -0.385. The van der Waals surface area contributed by atoms with Gasteiger partial charge in [0.15, 0.2) is 5.12 Å². The van der Waals surface area contributed by atoms with Crippen molar-refractivity contribution >= 4 is 76.9 Å². The summed E-state index contributed by atoms with van der Waals surface area (Å²) in [4.78, 5) is 108. The summed E-state index contributed by atoms with van der Waals surface area (Å²) in [6, 6.07) is 14.8. The molecule has 73 heavy (non-hydrogen) atoms. The molecule has 0 aliphatic carbocycles. The van der Waals surface area contributed by atoms with Crippen molar-refractivity contribution in [1.82, 2.24) is 9.80 Å². The van der Waals surface area contributed by atoms with Crippen LogP contribution in [0, 0.1) is 36.3 Å². The highest BCUT2D eigenvalue weighted by Crippen LogP contribution is 2.58. The van der Waals surface area contributed by atoms with E-state index in [0.717, 1.165) is 16.7 Å². The van der Waals surface area contributed by atoms with E-state index in [1.807, 2.05) is 0 Å². The van der Waals surface area contributed by atoms with E-state index in [9.17, 15) is 54.3 Å². The molecule has 0 spiro atoms. The SMILES string of the molecule is CC(=NC(=O)OCc1ccc([N+](=O)[O-])cc1)N1CCC(SC(=O)C[C@@H]2[C@@H]([C@@H](C)OC(=O)OCc3ccc([N+](=O)[O-])cc3)C(=O)N2C(C(=O)OCc2ccc([N+](=O)[O-])cc2)=P(OC(C)C)(OC(C)C)OC(C)C)C1. The van der Waals surface area contributed by atoms with Crippen LogP contribution in [0.2, 0.25) is 0 Å². The Kier molecular flexibility index (Phi) is 20.1. The van der Waals surface area contributed by atoms with Gasteiger partial charge in [-0.05, 0) is 115 Å². The smallest absolute Gasteiger partial charge is 0.456 e. The second-order valence-corrected chi connectivity index (χ2v) is 21.0. The zero-order chi connectivity index (χ0) is 53.7. The van der Waals surface area contributed by atoms with Crippen LogP contribution in [0.1, 0.15) is 84.9 Å². The maximum Gasteiger partial charge on any atom is 0.508 e. The molecule has 2 aliphatic heterocycles. The Balaban J connectivity index is 1.43. The minimum atomic E-state index is -4.16. The van der Waals surface area contributed by atoms with Gasteiger partial charge in [0.1, 0.15) is 31.8 Å². The van der Waals surface area contributed by atoms with E-state index in [0.29, 0.717) is 35.5 Å². The summed E-state index contributed by atoms with van der Waals surface area (Å²) in [6.07, 6.45) is -5.31. The number of non-ortho nitro benzene ring substituents is 3. The van der Waals surface area contributed by atoms with Crippen molar-refractivity contribution in [2.24, 2.45) is 10.9 Å². The van der Waals surface area contributed by atoms with E-state index in [2.05, 4.69) is 4.99 Å². The average molecular weight is 1060 g/mol. The predicted molar refractivity (Wildman–Crippen MR) is 265 cm³/mol. The summed E-state index contributed by atoms with van der Waals surface area (Å²) in [7, 11) is -4.16. The molecule has 0 aromatic heterocycles. The number of carbonyl (C=O) groups is 5. The molecule has 3 aromatic rings. The summed E-state index contributed by atoms with van der Waals surface area (Å²) < 4.78 is 41.2. The number of amidine groups is 1. The van der Waals surface area contributed by atoms with Gasteiger partial charge in [-0.15, -0.1) is 0 Å². The number of thioether (sulfide) groups is 1. The minimum Gasteiger partial charge on any atom is -0.456 e. The fraction of sp³-hybridized carbons (Fsp3) is 0.468. The molecule has 26 heteroatoms. The third-order valence-electron chi connectivity index (χ3n) is 10.8. The maximum absolute atomic E-state index is 14.8. The van der Waals surface area contributed by atoms with Gasteiger partial charge in [0, 0.05) is 61.2 Å². The molecule has 0 bridgehead atoms. The Hall–Kier alpha value is -6.79. The number of amides is 2. The normalized spacial score (nSPS) is 17.3. The van der Waals surface area contributed by atoms with Crippen LogP contribution in [0.25, 0.3) is 0 Å². The molecule has 5 rings (SSSR count). The van der Waals surface area contributed by atoms with Crippen LogP contribution in [-0.4, -0.2) is 114 Å². The monoisotopic (exact) mass is 1060 g/mol. The van der Waals surface area contributed by atoms with Gasteiger partial charge in [-0.3, -0.25) is 44.8 Å². The van der Waals surface area contributed by atoms with E-state index in [4.69, 9.17) is 32.5 Å². The Morgan fingerprint density at radius 2 is 1.14 bits per heavy atom. The summed E-state index contributed by atoms with van der Waals surface area (Å²) >= 11 is 0.975. The summed E-state index contributed by atoms with van der Waals surface area (Å²) in [5.74, 6) is -2.84.